The summed E-state index contributed by atoms with van der Waals surface area (Å²) in [4.78, 5) is 35.0. The van der Waals surface area contributed by atoms with Crippen molar-refractivity contribution in [2.45, 2.75) is 39.0 Å². The van der Waals surface area contributed by atoms with Gasteiger partial charge in [0.25, 0.3) is 0 Å². The van der Waals surface area contributed by atoms with Gasteiger partial charge in [-0.3, -0.25) is 19.3 Å². The van der Waals surface area contributed by atoms with Crippen LogP contribution in [0.5, 0.6) is 0 Å². The molecule has 90 valence electrons. The first-order chi connectivity index (χ1) is 7.52. The number of aliphatic carboxylic acids is 1. The highest BCUT2D eigenvalue weighted by Crippen LogP contribution is 2.14. The van der Waals surface area contributed by atoms with Gasteiger partial charge in [-0.15, -0.1) is 0 Å². The maximum absolute atomic E-state index is 11.6. The van der Waals surface area contributed by atoms with E-state index in [1.165, 1.54) is 4.90 Å². The van der Waals surface area contributed by atoms with Crippen LogP contribution in [0.4, 0.5) is 0 Å². The first kappa shape index (κ1) is 12.7. The third-order valence-electron chi connectivity index (χ3n) is 2.84. The predicted molar refractivity (Wildman–Crippen MR) is 56.6 cm³/mol. The lowest BCUT2D eigenvalue weighted by Gasteiger charge is -2.19. The van der Waals surface area contributed by atoms with Gasteiger partial charge < -0.3 is 5.11 Å². The molecule has 0 aliphatic carbocycles. The third-order valence-corrected chi connectivity index (χ3v) is 2.84. The van der Waals surface area contributed by atoms with Crippen LogP contribution in [0.15, 0.2) is 0 Å². The molecule has 1 saturated heterocycles. The molecular weight excluding hydrogens is 210 g/mol. The molecule has 1 aliphatic rings. The molecule has 1 fully saturated rings. The van der Waals surface area contributed by atoms with Crippen molar-refractivity contribution >= 4 is 17.8 Å². The molecule has 1 heterocycles. The van der Waals surface area contributed by atoms with Crippen LogP contribution in [-0.4, -0.2) is 34.3 Å². The number of likely N-dealkylation sites (tertiary alicyclic amines) is 1. The van der Waals surface area contributed by atoms with E-state index in [9.17, 15) is 14.4 Å². The maximum Gasteiger partial charge on any atom is 0.306 e. The van der Waals surface area contributed by atoms with E-state index in [1.807, 2.05) is 0 Å². The second-order valence-electron chi connectivity index (χ2n) is 4.17. The third kappa shape index (κ3) is 3.32. The van der Waals surface area contributed by atoms with Gasteiger partial charge in [0.15, 0.2) is 0 Å². The van der Waals surface area contributed by atoms with E-state index >= 15 is 0 Å². The summed E-state index contributed by atoms with van der Waals surface area (Å²) in [6, 6.07) is 0. The zero-order valence-corrected chi connectivity index (χ0v) is 9.44. The SMILES string of the molecule is CC(CCN1C(=O)CCCCC1=O)C(=O)O. The Hall–Kier alpha value is -1.39. The van der Waals surface area contributed by atoms with Crippen LogP contribution in [-0.2, 0) is 14.4 Å². The number of imide groups is 1. The molecule has 0 aromatic rings. The van der Waals surface area contributed by atoms with Crippen molar-refractivity contribution in [3.63, 3.8) is 0 Å². The number of carboxylic acids is 1. The zero-order chi connectivity index (χ0) is 12.1. The molecule has 1 rings (SSSR count). The van der Waals surface area contributed by atoms with Crippen molar-refractivity contribution in [1.82, 2.24) is 4.90 Å². The highest BCUT2D eigenvalue weighted by molar-refractivity contribution is 5.96. The molecule has 1 N–H and O–H groups in total. The van der Waals surface area contributed by atoms with Crippen LogP contribution in [0.1, 0.15) is 39.0 Å². The number of nitrogens with zero attached hydrogens (tertiary/aromatic N) is 1. The first-order valence-corrected chi connectivity index (χ1v) is 5.58. The lowest BCUT2D eigenvalue weighted by atomic mass is 10.1. The second-order valence-corrected chi connectivity index (χ2v) is 4.17. The van der Waals surface area contributed by atoms with Gasteiger partial charge in [-0.25, -0.2) is 0 Å². The average Bonchev–Trinajstić information content (AvgIpc) is 2.38. The number of carbonyl (C=O) groups is 3. The van der Waals surface area contributed by atoms with E-state index in [2.05, 4.69) is 0 Å². The molecule has 0 radical (unpaired) electrons. The normalized spacial score (nSPS) is 19.4. The topological polar surface area (TPSA) is 74.7 Å². The Balaban J connectivity index is 2.52. The molecular formula is C11H17NO4. The summed E-state index contributed by atoms with van der Waals surface area (Å²) in [5.74, 6) is -1.75. The van der Waals surface area contributed by atoms with Crippen LogP contribution in [0.2, 0.25) is 0 Å². The van der Waals surface area contributed by atoms with Crippen molar-refractivity contribution in [3.05, 3.63) is 0 Å². The van der Waals surface area contributed by atoms with Gasteiger partial charge in [0.2, 0.25) is 11.8 Å². The van der Waals surface area contributed by atoms with Crippen LogP contribution in [0.25, 0.3) is 0 Å². The summed E-state index contributed by atoms with van der Waals surface area (Å²) >= 11 is 0. The fourth-order valence-electron chi connectivity index (χ4n) is 1.66. The molecule has 1 aliphatic heterocycles. The summed E-state index contributed by atoms with van der Waals surface area (Å²) < 4.78 is 0. The van der Waals surface area contributed by atoms with Crippen LogP contribution >= 0.6 is 0 Å². The number of rotatable bonds is 4. The lowest BCUT2D eigenvalue weighted by Crippen LogP contribution is -2.37. The summed E-state index contributed by atoms with van der Waals surface area (Å²) in [7, 11) is 0. The lowest BCUT2D eigenvalue weighted by molar-refractivity contribution is -0.146. The van der Waals surface area contributed by atoms with Crippen molar-refractivity contribution < 1.29 is 19.5 Å². The molecule has 0 bridgehead atoms. The van der Waals surface area contributed by atoms with Gasteiger partial charge >= 0.3 is 5.97 Å². The zero-order valence-electron chi connectivity index (χ0n) is 9.44. The van der Waals surface area contributed by atoms with Gasteiger partial charge in [0.05, 0.1) is 5.92 Å². The van der Waals surface area contributed by atoms with Gasteiger partial charge in [0.1, 0.15) is 0 Å². The minimum absolute atomic E-state index is 0.167. The molecule has 0 spiro atoms. The molecule has 0 aromatic carbocycles. The number of amides is 2. The largest absolute Gasteiger partial charge is 0.481 e. The van der Waals surface area contributed by atoms with Crippen molar-refractivity contribution in [1.29, 1.82) is 0 Å². The minimum atomic E-state index is -0.894. The Morgan fingerprint density at radius 3 is 2.25 bits per heavy atom. The number of carbonyl (C=O) groups excluding carboxylic acids is 2. The number of carboxylic acid groups (broad SMARTS) is 1. The minimum Gasteiger partial charge on any atom is -0.481 e. The molecule has 1 unspecified atom stereocenters. The van der Waals surface area contributed by atoms with E-state index in [-0.39, 0.29) is 18.4 Å². The quantitative estimate of drug-likeness (QED) is 0.728. The van der Waals surface area contributed by atoms with E-state index in [0.717, 1.165) is 12.8 Å². The fraction of sp³-hybridized carbons (Fsp3) is 0.727. The number of hydrogen-bond donors (Lipinski definition) is 1. The summed E-state index contributed by atoms with van der Waals surface area (Å²) in [5, 5.41) is 8.71. The first-order valence-electron chi connectivity index (χ1n) is 5.58. The van der Waals surface area contributed by atoms with E-state index in [4.69, 9.17) is 5.11 Å². The van der Waals surface area contributed by atoms with Gasteiger partial charge in [-0.05, 0) is 19.3 Å². The highest BCUT2D eigenvalue weighted by Gasteiger charge is 2.24. The van der Waals surface area contributed by atoms with Crippen LogP contribution in [0, 0.1) is 5.92 Å². The van der Waals surface area contributed by atoms with E-state index in [1.54, 1.807) is 6.92 Å². The van der Waals surface area contributed by atoms with Gasteiger partial charge in [-0.2, -0.15) is 0 Å². The van der Waals surface area contributed by atoms with Crippen molar-refractivity contribution in [2.75, 3.05) is 6.54 Å². The molecule has 5 nitrogen and oxygen atoms in total. The summed E-state index contributed by atoms with van der Waals surface area (Å²) in [5.41, 5.74) is 0. The molecule has 0 aromatic heterocycles. The summed E-state index contributed by atoms with van der Waals surface area (Å²) in [6.45, 7) is 1.81. The average molecular weight is 227 g/mol. The molecule has 5 heteroatoms. The Kier molecular flexibility index (Phi) is 4.46. The maximum atomic E-state index is 11.6. The molecule has 1 atom stereocenters. The molecule has 16 heavy (non-hydrogen) atoms. The van der Waals surface area contributed by atoms with Crippen molar-refractivity contribution in [2.24, 2.45) is 5.92 Å². The second kappa shape index (κ2) is 5.63. The monoisotopic (exact) mass is 227 g/mol. The van der Waals surface area contributed by atoms with Crippen LogP contribution in [0.3, 0.4) is 0 Å². The van der Waals surface area contributed by atoms with E-state index in [0.29, 0.717) is 19.3 Å². The smallest absolute Gasteiger partial charge is 0.306 e. The fourth-order valence-corrected chi connectivity index (χ4v) is 1.66. The molecule has 2 amide bonds. The summed E-state index contributed by atoms with van der Waals surface area (Å²) in [6.07, 6.45) is 2.61. The standard InChI is InChI=1S/C11H17NO4/c1-8(11(15)16)6-7-12-9(13)4-2-3-5-10(12)14/h8H,2-7H2,1H3,(H,15,16). The molecule has 0 saturated carbocycles. The van der Waals surface area contributed by atoms with Gasteiger partial charge in [0, 0.05) is 19.4 Å². The van der Waals surface area contributed by atoms with E-state index < -0.39 is 11.9 Å². The van der Waals surface area contributed by atoms with Gasteiger partial charge in [-0.1, -0.05) is 6.92 Å². The van der Waals surface area contributed by atoms with Crippen molar-refractivity contribution in [3.8, 4) is 0 Å². The Morgan fingerprint density at radius 1 is 1.31 bits per heavy atom. The Morgan fingerprint density at radius 2 is 1.81 bits per heavy atom. The van der Waals surface area contributed by atoms with Crippen LogP contribution < -0.4 is 0 Å². The predicted octanol–water partition coefficient (Wildman–Crippen LogP) is 1.03. The number of hydrogen-bond acceptors (Lipinski definition) is 3. The Bertz CT molecular complexity index is 282. The highest BCUT2D eigenvalue weighted by atomic mass is 16.4. The Labute approximate surface area is 94.4 Å².